The lowest BCUT2D eigenvalue weighted by molar-refractivity contribution is -0.111. The Labute approximate surface area is 185 Å². The lowest BCUT2D eigenvalue weighted by atomic mass is 9.75. The van der Waals surface area contributed by atoms with Gasteiger partial charge in [0.15, 0.2) is 0 Å². The molecule has 0 atom stereocenters. The Kier molecular flexibility index (Phi) is 4.62. The van der Waals surface area contributed by atoms with E-state index in [0.29, 0.717) is 29.2 Å². The predicted octanol–water partition coefficient (Wildman–Crippen LogP) is 3.95. The van der Waals surface area contributed by atoms with E-state index >= 15 is 0 Å². The Morgan fingerprint density at radius 1 is 1.12 bits per heavy atom. The molecule has 5 rings (SSSR count). The van der Waals surface area contributed by atoms with Crippen molar-refractivity contribution >= 4 is 40.0 Å². The molecule has 3 N–H and O–H groups in total. The van der Waals surface area contributed by atoms with E-state index in [0.717, 1.165) is 35.7 Å². The first-order chi connectivity index (χ1) is 15.4. The Morgan fingerprint density at radius 2 is 1.94 bits per heavy atom. The normalized spacial score (nSPS) is 16.1. The topological polar surface area (TPSA) is 92.2 Å². The summed E-state index contributed by atoms with van der Waals surface area (Å²) in [5.41, 5.74) is 4.05. The number of nitrogens with one attached hydrogen (secondary N) is 3. The van der Waals surface area contributed by atoms with Crippen molar-refractivity contribution in [1.29, 1.82) is 0 Å². The summed E-state index contributed by atoms with van der Waals surface area (Å²) in [4.78, 5) is 37.1. The number of aryl methyl sites for hydroxylation is 1. The zero-order chi connectivity index (χ0) is 22.5. The van der Waals surface area contributed by atoms with Crippen molar-refractivity contribution in [2.24, 2.45) is 0 Å². The Balaban J connectivity index is 1.47. The highest BCUT2D eigenvalue weighted by molar-refractivity contribution is 6.08. The quantitative estimate of drug-likeness (QED) is 0.550. The fourth-order valence-electron chi connectivity index (χ4n) is 4.64. The third-order valence-corrected chi connectivity index (χ3v) is 6.57. The van der Waals surface area contributed by atoms with Crippen LogP contribution in [0.1, 0.15) is 45.7 Å². The second-order valence-electron chi connectivity index (χ2n) is 8.58. The summed E-state index contributed by atoms with van der Waals surface area (Å²) in [6.45, 7) is 5.97. The maximum Gasteiger partial charge on any atom is 0.268 e. The molecular formula is C25H24N4O3. The van der Waals surface area contributed by atoms with Crippen molar-refractivity contribution in [3.05, 3.63) is 71.9 Å². The molecule has 1 aliphatic carbocycles. The van der Waals surface area contributed by atoms with E-state index in [9.17, 15) is 14.4 Å². The average Bonchev–Trinajstić information content (AvgIpc) is 3.15. The van der Waals surface area contributed by atoms with Gasteiger partial charge in [0.2, 0.25) is 5.91 Å². The van der Waals surface area contributed by atoms with Gasteiger partial charge in [-0.3, -0.25) is 14.4 Å². The van der Waals surface area contributed by atoms with Gasteiger partial charge in [-0.1, -0.05) is 18.7 Å². The summed E-state index contributed by atoms with van der Waals surface area (Å²) >= 11 is 0. The predicted molar refractivity (Wildman–Crippen MR) is 124 cm³/mol. The largest absolute Gasteiger partial charge is 0.348 e. The molecule has 0 radical (unpaired) electrons. The minimum Gasteiger partial charge on any atom is -0.348 e. The Bertz CT molecular complexity index is 1300. The molecule has 1 aliphatic heterocycles. The molecule has 162 valence electrons. The molecule has 2 aliphatic rings. The summed E-state index contributed by atoms with van der Waals surface area (Å²) in [6.07, 6.45) is 4.37. The number of carbonyl (C=O) groups excluding carboxylic acids is 3. The van der Waals surface area contributed by atoms with Gasteiger partial charge in [0.1, 0.15) is 5.69 Å². The van der Waals surface area contributed by atoms with Crippen LogP contribution in [0.25, 0.3) is 10.9 Å². The number of rotatable bonds is 4. The molecule has 3 amide bonds. The molecule has 1 aromatic heterocycles. The Hall–Kier alpha value is -3.87. The van der Waals surface area contributed by atoms with Crippen LogP contribution in [-0.4, -0.2) is 28.8 Å². The van der Waals surface area contributed by atoms with Gasteiger partial charge >= 0.3 is 0 Å². The molecule has 0 bridgehead atoms. The number of nitrogens with zero attached hydrogens (tertiary/aromatic N) is 1. The molecule has 7 heteroatoms. The lowest BCUT2D eigenvalue weighted by Crippen LogP contribution is -2.55. The van der Waals surface area contributed by atoms with Gasteiger partial charge in [0.05, 0.1) is 11.1 Å². The average molecular weight is 428 g/mol. The van der Waals surface area contributed by atoms with Gasteiger partial charge in [0.25, 0.3) is 11.8 Å². The van der Waals surface area contributed by atoms with Crippen LogP contribution in [0.15, 0.2) is 55.1 Å². The van der Waals surface area contributed by atoms with E-state index in [-0.39, 0.29) is 23.3 Å². The molecule has 7 nitrogen and oxygen atoms in total. The summed E-state index contributed by atoms with van der Waals surface area (Å²) in [5.74, 6) is -0.636. The van der Waals surface area contributed by atoms with E-state index < -0.39 is 0 Å². The van der Waals surface area contributed by atoms with Crippen molar-refractivity contribution in [1.82, 2.24) is 9.88 Å². The highest BCUT2D eigenvalue weighted by Gasteiger charge is 2.44. The van der Waals surface area contributed by atoms with Crippen molar-refractivity contribution < 1.29 is 14.4 Å². The number of amides is 3. The number of benzene rings is 2. The van der Waals surface area contributed by atoms with E-state index in [1.54, 1.807) is 18.2 Å². The first kappa shape index (κ1) is 20.1. The SMILES string of the molecule is C=CC(=O)Nc1cc(NC(=O)c2ccc3cc4n(c3c2)C2(CCC2)CNC4=O)ccc1C. The molecular weight excluding hydrogens is 404 g/mol. The molecule has 1 fully saturated rings. The fraction of sp³-hybridized carbons (Fsp3) is 0.240. The fourth-order valence-corrected chi connectivity index (χ4v) is 4.64. The van der Waals surface area contributed by atoms with Crippen LogP contribution in [0.3, 0.4) is 0 Å². The van der Waals surface area contributed by atoms with Gasteiger partial charge in [-0.2, -0.15) is 0 Å². The molecule has 0 saturated heterocycles. The molecule has 3 aromatic rings. The Morgan fingerprint density at radius 3 is 2.66 bits per heavy atom. The van der Waals surface area contributed by atoms with Gasteiger partial charge in [-0.25, -0.2) is 0 Å². The third kappa shape index (κ3) is 3.17. The van der Waals surface area contributed by atoms with Crippen LogP contribution >= 0.6 is 0 Å². The first-order valence-electron chi connectivity index (χ1n) is 10.7. The number of fused-ring (bicyclic) bond motifs is 4. The summed E-state index contributed by atoms with van der Waals surface area (Å²) in [7, 11) is 0. The smallest absolute Gasteiger partial charge is 0.268 e. The number of anilines is 2. The zero-order valence-electron chi connectivity index (χ0n) is 17.8. The third-order valence-electron chi connectivity index (χ3n) is 6.57. The zero-order valence-corrected chi connectivity index (χ0v) is 17.8. The van der Waals surface area contributed by atoms with Crippen molar-refractivity contribution in [2.75, 3.05) is 17.2 Å². The van der Waals surface area contributed by atoms with Crippen molar-refractivity contribution in [2.45, 2.75) is 31.7 Å². The maximum atomic E-state index is 13.0. The molecule has 1 saturated carbocycles. The van der Waals surface area contributed by atoms with E-state index in [2.05, 4.69) is 27.1 Å². The molecule has 2 aromatic carbocycles. The number of hydrogen-bond donors (Lipinski definition) is 3. The summed E-state index contributed by atoms with van der Waals surface area (Å²) in [5, 5.41) is 9.61. The monoisotopic (exact) mass is 428 g/mol. The minimum atomic E-state index is -0.311. The van der Waals surface area contributed by atoms with Gasteiger partial charge in [-0.15, -0.1) is 0 Å². The van der Waals surface area contributed by atoms with Crippen LogP contribution in [-0.2, 0) is 10.3 Å². The van der Waals surface area contributed by atoms with E-state index in [4.69, 9.17) is 0 Å². The molecule has 1 spiro atoms. The second-order valence-corrected chi connectivity index (χ2v) is 8.58. The highest BCUT2D eigenvalue weighted by Crippen LogP contribution is 2.44. The number of aromatic nitrogens is 1. The van der Waals surface area contributed by atoms with Gasteiger partial charge in [0, 0.05) is 28.9 Å². The number of carbonyl (C=O) groups is 3. The first-order valence-corrected chi connectivity index (χ1v) is 10.7. The molecule has 32 heavy (non-hydrogen) atoms. The number of hydrogen-bond acceptors (Lipinski definition) is 3. The van der Waals surface area contributed by atoms with E-state index in [1.807, 2.05) is 31.2 Å². The molecule has 2 heterocycles. The van der Waals surface area contributed by atoms with Gasteiger partial charge < -0.3 is 20.5 Å². The van der Waals surface area contributed by atoms with Crippen LogP contribution in [0, 0.1) is 6.92 Å². The van der Waals surface area contributed by atoms with Crippen LogP contribution in [0.4, 0.5) is 11.4 Å². The maximum absolute atomic E-state index is 13.0. The van der Waals surface area contributed by atoms with Crippen LogP contribution in [0.2, 0.25) is 0 Å². The van der Waals surface area contributed by atoms with E-state index in [1.165, 1.54) is 6.08 Å². The second kappa shape index (κ2) is 7.37. The standard InChI is InChI=1S/C25H24N4O3/c1-3-22(30)28-19-13-18(8-5-15(19)2)27-23(31)17-7-6-16-11-21-24(32)26-14-25(9-4-10-25)29(21)20(16)12-17/h3,5-8,11-13H,1,4,9-10,14H2,2H3,(H,26,32)(H,27,31)(H,28,30). The van der Waals surface area contributed by atoms with Crippen LogP contribution < -0.4 is 16.0 Å². The lowest BCUT2D eigenvalue weighted by Gasteiger charge is -2.47. The summed E-state index contributed by atoms with van der Waals surface area (Å²) < 4.78 is 2.14. The van der Waals surface area contributed by atoms with Crippen molar-refractivity contribution in [3.63, 3.8) is 0 Å². The molecule has 0 unspecified atom stereocenters. The van der Waals surface area contributed by atoms with Crippen LogP contribution in [0.5, 0.6) is 0 Å². The minimum absolute atomic E-state index is 0.0708. The van der Waals surface area contributed by atoms with Crippen molar-refractivity contribution in [3.8, 4) is 0 Å². The highest BCUT2D eigenvalue weighted by atomic mass is 16.2. The summed E-state index contributed by atoms with van der Waals surface area (Å²) in [6, 6.07) is 12.8. The van der Waals surface area contributed by atoms with Gasteiger partial charge in [-0.05, 0) is 68.2 Å².